The van der Waals surface area contributed by atoms with E-state index in [1.165, 1.54) is 0 Å². The van der Waals surface area contributed by atoms with Gasteiger partial charge >= 0.3 is 6.18 Å². The Morgan fingerprint density at radius 3 is 2.57 bits per heavy atom. The Morgan fingerprint density at radius 1 is 1.00 bits per heavy atom. The highest BCUT2D eigenvalue weighted by Crippen LogP contribution is 2.30. The molecule has 2 saturated heterocycles. The molecule has 0 spiro atoms. The number of benzene rings is 2. The number of nitrogens with zero attached hydrogens (tertiary/aromatic N) is 7. The van der Waals surface area contributed by atoms with E-state index in [4.69, 9.17) is 26.1 Å². The molecule has 14 heteroatoms. The fraction of sp³-hybridized carbons (Fsp3) is 0.406. The molecular formula is C32H32ClF3N8O2. The van der Waals surface area contributed by atoms with Crippen LogP contribution in [0.25, 0.3) is 22.4 Å². The second-order valence-electron chi connectivity index (χ2n) is 11.8. The molecule has 2 aliphatic rings. The van der Waals surface area contributed by atoms with Crippen molar-refractivity contribution in [3.8, 4) is 17.3 Å². The minimum atomic E-state index is -4.60. The molecule has 2 fully saturated rings. The van der Waals surface area contributed by atoms with Gasteiger partial charge in [-0.15, -0.1) is 10.2 Å². The Kier molecular flexibility index (Phi) is 8.62. The number of hydrogen-bond acceptors (Lipinski definition) is 8. The molecule has 1 unspecified atom stereocenters. The van der Waals surface area contributed by atoms with Gasteiger partial charge in [0.15, 0.2) is 5.82 Å². The first-order valence-corrected chi connectivity index (χ1v) is 15.7. The lowest BCUT2D eigenvalue weighted by Crippen LogP contribution is -2.38. The maximum absolute atomic E-state index is 13.1. The van der Waals surface area contributed by atoms with Crippen molar-refractivity contribution in [2.45, 2.75) is 51.1 Å². The smallest absolute Gasteiger partial charge is 0.451 e. The van der Waals surface area contributed by atoms with E-state index < -0.39 is 12.0 Å². The summed E-state index contributed by atoms with van der Waals surface area (Å²) >= 11 is 6.01. The van der Waals surface area contributed by atoms with Gasteiger partial charge in [0.1, 0.15) is 17.8 Å². The fourth-order valence-corrected chi connectivity index (χ4v) is 6.15. The van der Waals surface area contributed by atoms with Crippen LogP contribution in [0.4, 0.5) is 13.2 Å². The summed E-state index contributed by atoms with van der Waals surface area (Å²) in [7, 11) is 0. The van der Waals surface area contributed by atoms with Crippen LogP contribution in [0.5, 0.6) is 5.88 Å². The van der Waals surface area contributed by atoms with Crippen molar-refractivity contribution in [3.05, 3.63) is 82.8 Å². The highest BCUT2D eigenvalue weighted by atomic mass is 35.5. The van der Waals surface area contributed by atoms with Gasteiger partial charge < -0.3 is 19.0 Å². The predicted octanol–water partition coefficient (Wildman–Crippen LogP) is 5.95. The van der Waals surface area contributed by atoms with Gasteiger partial charge in [-0.25, -0.2) is 9.97 Å². The number of H-pyrrole nitrogens is 1. The van der Waals surface area contributed by atoms with Crippen molar-refractivity contribution in [2.75, 3.05) is 26.3 Å². The zero-order chi connectivity index (χ0) is 31.7. The van der Waals surface area contributed by atoms with Crippen LogP contribution in [0, 0.1) is 5.92 Å². The number of aromatic nitrogens is 7. The van der Waals surface area contributed by atoms with Crippen LogP contribution in [-0.4, -0.2) is 72.0 Å². The molecule has 2 aliphatic heterocycles. The van der Waals surface area contributed by atoms with E-state index in [-0.39, 0.29) is 11.9 Å². The molecule has 46 heavy (non-hydrogen) atoms. The molecule has 0 amide bonds. The topological polar surface area (TPSA) is 107 Å². The quantitative estimate of drug-likeness (QED) is 0.208. The first kappa shape index (κ1) is 30.6. The van der Waals surface area contributed by atoms with Crippen LogP contribution in [0.2, 0.25) is 5.02 Å². The molecule has 3 aromatic heterocycles. The number of piperidine rings is 1. The van der Waals surface area contributed by atoms with Crippen molar-refractivity contribution in [1.29, 1.82) is 0 Å². The van der Waals surface area contributed by atoms with E-state index in [2.05, 4.69) is 34.6 Å². The van der Waals surface area contributed by atoms with E-state index in [1.54, 1.807) is 24.4 Å². The molecule has 1 atom stereocenters. The molecule has 240 valence electrons. The molecule has 7 rings (SSSR count). The molecule has 2 aromatic carbocycles. The summed E-state index contributed by atoms with van der Waals surface area (Å²) < 4.78 is 53.4. The van der Waals surface area contributed by atoms with Crippen LogP contribution in [0.3, 0.4) is 0 Å². The van der Waals surface area contributed by atoms with Crippen molar-refractivity contribution < 1.29 is 22.6 Å². The van der Waals surface area contributed by atoms with Gasteiger partial charge in [0.2, 0.25) is 11.7 Å². The summed E-state index contributed by atoms with van der Waals surface area (Å²) in [6, 6.07) is 14.9. The average Bonchev–Trinajstić information content (AvgIpc) is 3.81. The summed E-state index contributed by atoms with van der Waals surface area (Å²) in [5, 5.41) is 7.68. The lowest BCUT2D eigenvalue weighted by molar-refractivity contribution is -0.144. The number of nitrogens with one attached hydrogen (secondary N) is 1. The van der Waals surface area contributed by atoms with Crippen LogP contribution in [0.1, 0.15) is 42.3 Å². The average molecular weight is 653 g/mol. The van der Waals surface area contributed by atoms with Gasteiger partial charge in [-0.3, -0.25) is 4.90 Å². The Balaban J connectivity index is 1.03. The van der Waals surface area contributed by atoms with Crippen molar-refractivity contribution >= 4 is 22.6 Å². The third-order valence-electron chi connectivity index (χ3n) is 8.46. The molecule has 5 aromatic rings. The first-order valence-electron chi connectivity index (χ1n) is 15.3. The summed E-state index contributed by atoms with van der Waals surface area (Å²) in [4.78, 5) is 18.6. The van der Waals surface area contributed by atoms with E-state index in [0.717, 1.165) is 62.4 Å². The van der Waals surface area contributed by atoms with Crippen molar-refractivity contribution in [2.24, 2.45) is 5.92 Å². The lowest BCUT2D eigenvalue weighted by atomic mass is 10.1. The SMILES string of the molecule is FC(F)(F)c1nnc(-c2ccc3c(c2)nc(CN2CCC(Oc4ccnc(Cc5ccc(Cl)cc5)n4)CC2)n3CC2CCOC2)[nH]1. The summed E-state index contributed by atoms with van der Waals surface area (Å²) in [5.74, 6) is 1.47. The highest BCUT2D eigenvalue weighted by molar-refractivity contribution is 6.30. The van der Waals surface area contributed by atoms with Gasteiger partial charge in [-0.05, 0) is 55.2 Å². The number of aromatic amines is 1. The zero-order valence-electron chi connectivity index (χ0n) is 24.9. The normalized spacial score (nSPS) is 18.0. The summed E-state index contributed by atoms with van der Waals surface area (Å²) in [5.41, 5.74) is 3.20. The minimum absolute atomic E-state index is 0.0371. The highest BCUT2D eigenvalue weighted by Gasteiger charge is 2.35. The molecule has 0 saturated carbocycles. The Morgan fingerprint density at radius 2 is 1.83 bits per heavy atom. The van der Waals surface area contributed by atoms with Gasteiger partial charge in [0.25, 0.3) is 0 Å². The third-order valence-corrected chi connectivity index (χ3v) is 8.72. The zero-order valence-corrected chi connectivity index (χ0v) is 25.6. The second-order valence-corrected chi connectivity index (χ2v) is 12.2. The Bertz CT molecular complexity index is 1800. The number of imidazole rings is 1. The molecule has 5 heterocycles. The molecule has 10 nitrogen and oxygen atoms in total. The lowest BCUT2D eigenvalue weighted by Gasteiger charge is -2.31. The van der Waals surface area contributed by atoms with E-state index in [0.29, 0.717) is 53.3 Å². The van der Waals surface area contributed by atoms with Crippen molar-refractivity contribution in [3.63, 3.8) is 0 Å². The number of halogens is 4. The van der Waals surface area contributed by atoms with E-state index >= 15 is 0 Å². The van der Waals surface area contributed by atoms with Gasteiger partial charge in [0, 0.05) is 61.4 Å². The molecule has 0 radical (unpaired) electrons. The van der Waals surface area contributed by atoms with Crippen molar-refractivity contribution in [1.82, 2.24) is 39.6 Å². The Labute approximate surface area is 267 Å². The maximum Gasteiger partial charge on any atom is 0.451 e. The number of alkyl halides is 3. The monoisotopic (exact) mass is 652 g/mol. The molecule has 1 N–H and O–H groups in total. The summed E-state index contributed by atoms with van der Waals surface area (Å²) in [6.07, 6.45) is 0.412. The first-order chi connectivity index (χ1) is 22.3. The molecular weight excluding hydrogens is 621 g/mol. The fourth-order valence-electron chi connectivity index (χ4n) is 6.03. The molecule has 0 bridgehead atoms. The van der Waals surface area contributed by atoms with Crippen LogP contribution >= 0.6 is 11.6 Å². The van der Waals surface area contributed by atoms with Gasteiger partial charge in [-0.1, -0.05) is 23.7 Å². The number of fused-ring (bicyclic) bond motifs is 1. The summed E-state index contributed by atoms with van der Waals surface area (Å²) in [6.45, 7) is 4.50. The van der Waals surface area contributed by atoms with Crippen LogP contribution < -0.4 is 4.74 Å². The van der Waals surface area contributed by atoms with E-state index in [9.17, 15) is 13.2 Å². The number of likely N-dealkylation sites (tertiary alicyclic amines) is 1. The standard InChI is InChI=1S/C32H32ClF3N8O2/c33-23-4-1-20(2-5-23)15-27-37-11-7-29(39-27)46-24-8-12-43(13-9-24)18-28-38-25-16-22(30-40-31(42-41-30)32(34,35)36)3-6-26(25)44(28)17-21-10-14-45-19-21/h1-7,11,16,21,24H,8-10,12-15,17-19H2,(H,40,41,42). The minimum Gasteiger partial charge on any atom is -0.474 e. The number of hydrogen-bond donors (Lipinski definition) is 1. The number of ether oxygens (including phenoxy) is 2. The Hall–Kier alpha value is -4.07. The predicted molar refractivity (Wildman–Crippen MR) is 164 cm³/mol. The van der Waals surface area contributed by atoms with Crippen LogP contribution in [0.15, 0.2) is 54.7 Å². The maximum atomic E-state index is 13.1. The van der Waals surface area contributed by atoms with Crippen LogP contribution in [-0.2, 0) is 30.4 Å². The largest absolute Gasteiger partial charge is 0.474 e. The molecule has 0 aliphatic carbocycles. The second kappa shape index (κ2) is 13.0. The van der Waals surface area contributed by atoms with E-state index in [1.807, 2.05) is 30.3 Å². The number of rotatable bonds is 9. The van der Waals surface area contributed by atoms with Gasteiger partial charge in [0.05, 0.1) is 24.2 Å². The van der Waals surface area contributed by atoms with Gasteiger partial charge in [-0.2, -0.15) is 18.2 Å². The third kappa shape index (κ3) is 7.01.